The number of fused-ring (bicyclic) bond motifs is 1. The molecule has 0 aromatic carbocycles. The number of unbranched alkanes of at least 4 members (excludes halogenated alkanes) is 1. The molecular weight excluding hydrogens is 408 g/mol. The van der Waals surface area contributed by atoms with Crippen LogP contribution < -0.4 is 10.6 Å². The lowest BCUT2D eigenvalue weighted by Gasteiger charge is -2.38. The van der Waals surface area contributed by atoms with E-state index in [0.29, 0.717) is 47.5 Å². The Kier molecular flexibility index (Phi) is 6.53. The summed E-state index contributed by atoms with van der Waals surface area (Å²) in [7, 11) is 0. The van der Waals surface area contributed by atoms with Gasteiger partial charge in [0.05, 0.1) is 5.56 Å². The quantitative estimate of drug-likeness (QED) is 0.494. The highest BCUT2D eigenvalue weighted by molar-refractivity contribution is 7.16. The summed E-state index contributed by atoms with van der Waals surface area (Å²) in [6.07, 6.45) is -9.30. The Morgan fingerprint density at radius 2 is 1.75 bits per heavy atom. The molecule has 1 aliphatic carbocycles. The predicted octanol–water partition coefficient (Wildman–Crippen LogP) is 5.04. The van der Waals surface area contributed by atoms with Gasteiger partial charge in [0.15, 0.2) is 0 Å². The fourth-order valence-corrected chi connectivity index (χ4v) is 4.32. The molecule has 11 heteroatoms. The highest BCUT2D eigenvalue weighted by Gasteiger charge is 2.72. The predicted molar refractivity (Wildman–Crippen MR) is 91.8 cm³/mol. The van der Waals surface area contributed by atoms with Gasteiger partial charge in [-0.2, -0.15) is 31.6 Å². The van der Waals surface area contributed by atoms with Crippen LogP contribution in [0.4, 0.5) is 31.3 Å². The van der Waals surface area contributed by atoms with E-state index in [0.717, 1.165) is 11.7 Å². The number of nitrogens with zero attached hydrogens (tertiary/aromatic N) is 1. The van der Waals surface area contributed by atoms with Crippen molar-refractivity contribution in [3.8, 4) is 6.07 Å². The SMILES string of the molecule is CCCCC(=O)NC(Nc1sc2c(c1C#N)CCCC2)(C(F)(F)F)C(F)(F)F. The van der Waals surface area contributed by atoms with Gasteiger partial charge in [-0.15, -0.1) is 11.3 Å². The normalized spacial score (nSPS) is 14.9. The highest BCUT2D eigenvalue weighted by atomic mass is 32.1. The molecule has 0 atom stereocenters. The van der Waals surface area contributed by atoms with E-state index in [2.05, 4.69) is 0 Å². The van der Waals surface area contributed by atoms with Crippen molar-refractivity contribution >= 4 is 22.2 Å². The van der Waals surface area contributed by atoms with Crippen molar-refractivity contribution in [2.45, 2.75) is 69.9 Å². The minimum Gasteiger partial charge on any atom is -0.338 e. The summed E-state index contributed by atoms with van der Waals surface area (Å²) >= 11 is 0.706. The number of thiophene rings is 1. The van der Waals surface area contributed by atoms with E-state index in [1.165, 1.54) is 5.32 Å². The van der Waals surface area contributed by atoms with Crippen molar-refractivity contribution in [2.24, 2.45) is 0 Å². The first-order valence-electron chi connectivity index (χ1n) is 8.74. The second kappa shape index (κ2) is 8.19. The van der Waals surface area contributed by atoms with Crippen molar-refractivity contribution in [1.82, 2.24) is 5.32 Å². The Hall–Kier alpha value is -1.96. The van der Waals surface area contributed by atoms with E-state index >= 15 is 0 Å². The molecule has 0 aliphatic heterocycles. The average Bonchev–Trinajstić information content (AvgIpc) is 2.94. The Morgan fingerprint density at radius 1 is 1.14 bits per heavy atom. The molecule has 0 spiro atoms. The van der Waals surface area contributed by atoms with Crippen molar-refractivity contribution in [1.29, 1.82) is 5.26 Å². The molecule has 1 aromatic rings. The number of alkyl halides is 6. The Morgan fingerprint density at radius 3 is 2.29 bits per heavy atom. The smallest absolute Gasteiger partial charge is 0.338 e. The van der Waals surface area contributed by atoms with E-state index in [9.17, 15) is 36.4 Å². The number of nitrogens with one attached hydrogen (secondary N) is 2. The summed E-state index contributed by atoms with van der Waals surface area (Å²) in [5, 5.41) is 11.4. The molecule has 0 bridgehead atoms. The van der Waals surface area contributed by atoms with Gasteiger partial charge >= 0.3 is 18.0 Å². The largest absolute Gasteiger partial charge is 0.439 e. The Bertz CT molecular complexity index is 749. The molecule has 1 aromatic heterocycles. The number of carbonyl (C=O) groups excluding carboxylic acids is 1. The third-order valence-corrected chi connectivity index (χ3v) is 5.73. The first kappa shape index (κ1) is 22.3. The van der Waals surface area contributed by atoms with Crippen LogP contribution in [-0.4, -0.2) is 23.9 Å². The topological polar surface area (TPSA) is 64.9 Å². The van der Waals surface area contributed by atoms with Gasteiger partial charge in [-0.05, 0) is 37.7 Å². The van der Waals surface area contributed by atoms with Crippen molar-refractivity contribution in [3.63, 3.8) is 0 Å². The molecule has 0 saturated carbocycles. The number of hydrogen-bond acceptors (Lipinski definition) is 4. The maximum atomic E-state index is 13.7. The van der Waals surface area contributed by atoms with Crippen molar-refractivity contribution in [3.05, 3.63) is 16.0 Å². The zero-order chi connectivity index (χ0) is 21.2. The van der Waals surface area contributed by atoms with Crippen LogP contribution in [0.1, 0.15) is 55.0 Å². The number of carbonyl (C=O) groups is 1. The number of amides is 1. The minimum absolute atomic E-state index is 0.147. The van der Waals surface area contributed by atoms with Gasteiger partial charge in [0.1, 0.15) is 11.1 Å². The van der Waals surface area contributed by atoms with Crippen molar-refractivity contribution < 1.29 is 31.1 Å². The summed E-state index contributed by atoms with van der Waals surface area (Å²) < 4.78 is 82.1. The van der Waals surface area contributed by atoms with E-state index < -0.39 is 35.3 Å². The first-order chi connectivity index (χ1) is 13.0. The van der Waals surface area contributed by atoms with Gasteiger partial charge in [-0.1, -0.05) is 13.3 Å². The van der Waals surface area contributed by atoms with E-state index in [4.69, 9.17) is 0 Å². The number of halogens is 6. The van der Waals surface area contributed by atoms with Crippen LogP contribution in [0, 0.1) is 11.3 Å². The van der Waals surface area contributed by atoms with Gasteiger partial charge in [0.2, 0.25) is 5.91 Å². The average molecular weight is 427 g/mol. The van der Waals surface area contributed by atoms with E-state index in [1.807, 2.05) is 0 Å². The lowest BCUT2D eigenvalue weighted by atomic mass is 9.96. The van der Waals surface area contributed by atoms with Crippen LogP contribution in [0.15, 0.2) is 0 Å². The van der Waals surface area contributed by atoms with Gasteiger partial charge in [-0.3, -0.25) is 4.79 Å². The molecular formula is C17H19F6N3OS. The minimum atomic E-state index is -5.88. The lowest BCUT2D eigenvalue weighted by molar-refractivity contribution is -0.295. The fourth-order valence-electron chi connectivity index (χ4n) is 3.03. The molecule has 1 aliphatic rings. The summed E-state index contributed by atoms with van der Waals surface area (Å²) in [5.74, 6) is -1.37. The molecule has 2 rings (SSSR count). The molecule has 4 nitrogen and oxygen atoms in total. The second-order valence-electron chi connectivity index (χ2n) is 6.55. The summed E-state index contributed by atoms with van der Waals surface area (Å²) in [6, 6.07) is 1.72. The third kappa shape index (κ3) is 4.21. The molecule has 28 heavy (non-hydrogen) atoms. The molecule has 2 N–H and O–H groups in total. The van der Waals surface area contributed by atoms with Gasteiger partial charge < -0.3 is 10.6 Å². The Labute approximate surface area is 161 Å². The standard InChI is InChI=1S/C17H19F6N3OS/c1-2-3-8-13(27)25-15(16(18,19)20,17(21,22)23)26-14-11(9-24)10-6-4-5-7-12(10)28-14/h26H,2-8H2,1H3,(H,25,27). The first-order valence-corrected chi connectivity index (χ1v) is 9.55. The van der Waals surface area contributed by atoms with Crippen LogP contribution >= 0.6 is 11.3 Å². The van der Waals surface area contributed by atoms with Gasteiger partial charge in [0, 0.05) is 11.3 Å². The molecule has 1 amide bonds. The number of anilines is 1. The van der Waals surface area contributed by atoms with E-state index in [-0.39, 0.29) is 12.0 Å². The summed E-state index contributed by atoms with van der Waals surface area (Å²) in [4.78, 5) is 12.4. The molecule has 0 saturated heterocycles. The van der Waals surface area contributed by atoms with Crippen LogP contribution in [0.5, 0.6) is 0 Å². The Balaban J connectivity index is 2.52. The third-order valence-electron chi connectivity index (χ3n) is 4.52. The van der Waals surface area contributed by atoms with Crippen LogP contribution in [0.3, 0.4) is 0 Å². The fraction of sp³-hybridized carbons (Fsp3) is 0.647. The summed E-state index contributed by atoms with van der Waals surface area (Å²) in [6.45, 7) is 1.65. The molecule has 0 fully saturated rings. The van der Waals surface area contributed by atoms with Gasteiger partial charge in [-0.25, -0.2) is 0 Å². The second-order valence-corrected chi connectivity index (χ2v) is 7.65. The van der Waals surface area contributed by atoms with Crippen LogP contribution in [-0.2, 0) is 17.6 Å². The molecule has 0 unspecified atom stereocenters. The highest BCUT2D eigenvalue weighted by Crippen LogP contribution is 2.47. The number of hydrogen-bond donors (Lipinski definition) is 2. The zero-order valence-electron chi connectivity index (χ0n) is 15.0. The van der Waals surface area contributed by atoms with Crippen LogP contribution in [0.2, 0.25) is 0 Å². The van der Waals surface area contributed by atoms with Crippen LogP contribution in [0.25, 0.3) is 0 Å². The van der Waals surface area contributed by atoms with Gasteiger partial charge in [0.25, 0.3) is 0 Å². The van der Waals surface area contributed by atoms with E-state index in [1.54, 1.807) is 13.0 Å². The molecule has 1 heterocycles. The zero-order valence-corrected chi connectivity index (χ0v) is 15.8. The lowest BCUT2D eigenvalue weighted by Crippen LogP contribution is -2.72. The number of rotatable bonds is 6. The monoisotopic (exact) mass is 427 g/mol. The maximum absolute atomic E-state index is 13.7. The molecule has 0 radical (unpaired) electrons. The number of nitriles is 1. The molecule has 156 valence electrons. The summed E-state index contributed by atoms with van der Waals surface area (Å²) in [5.41, 5.74) is -4.42. The number of aryl methyl sites for hydroxylation is 1. The maximum Gasteiger partial charge on any atom is 0.439 e. The van der Waals surface area contributed by atoms with Crippen molar-refractivity contribution in [2.75, 3.05) is 5.32 Å².